The summed E-state index contributed by atoms with van der Waals surface area (Å²) in [7, 11) is 0. The number of ether oxygens (including phenoxy) is 1. The van der Waals surface area contributed by atoms with Crippen LogP contribution in [-0.4, -0.2) is 58.7 Å². The minimum Gasteiger partial charge on any atom is -0.481 e. The largest absolute Gasteiger partial charge is 0.481 e. The van der Waals surface area contributed by atoms with Crippen LogP contribution in [0.25, 0.3) is 0 Å². The molecule has 6 heteroatoms. The third-order valence-electron chi connectivity index (χ3n) is 3.60. The van der Waals surface area contributed by atoms with Crippen LogP contribution in [0.15, 0.2) is 0 Å². The van der Waals surface area contributed by atoms with E-state index in [-0.39, 0.29) is 23.8 Å². The van der Waals surface area contributed by atoms with E-state index in [1.807, 2.05) is 6.92 Å². The molecule has 0 bridgehead atoms. The Morgan fingerprint density at radius 2 is 2.22 bits per heavy atom. The van der Waals surface area contributed by atoms with E-state index in [1.54, 1.807) is 16.7 Å². The summed E-state index contributed by atoms with van der Waals surface area (Å²) in [6.07, 6.45) is 1.98. The van der Waals surface area contributed by atoms with E-state index >= 15 is 0 Å². The molecule has 0 aromatic rings. The Morgan fingerprint density at radius 3 is 2.78 bits per heavy atom. The van der Waals surface area contributed by atoms with E-state index in [2.05, 4.69) is 0 Å². The molecule has 2 fully saturated rings. The molecule has 0 aromatic heterocycles. The first-order valence-electron chi connectivity index (χ1n) is 6.37. The third-order valence-corrected chi connectivity index (χ3v) is 4.96. The molecule has 102 valence electrons. The number of carboxylic acid groups (broad SMARTS) is 1. The number of aliphatic carboxylic acids is 1. The summed E-state index contributed by atoms with van der Waals surface area (Å²) < 4.78 is 5.25. The molecule has 1 N–H and O–H groups in total. The number of carbonyl (C=O) groups excluding carboxylic acids is 1. The standard InChI is InChI=1S/C12H19NO4S/c1-2-13(11(14)10-4-3-5-18-10)9-7-17-6-8(9)12(15)16/h8-10H,2-7H2,1H3,(H,15,16). The predicted molar refractivity (Wildman–Crippen MR) is 68.6 cm³/mol. The first kappa shape index (κ1) is 13.7. The fourth-order valence-electron chi connectivity index (χ4n) is 2.60. The van der Waals surface area contributed by atoms with Crippen molar-refractivity contribution in [1.29, 1.82) is 0 Å². The second-order valence-electron chi connectivity index (χ2n) is 4.68. The number of rotatable bonds is 4. The third kappa shape index (κ3) is 2.64. The zero-order valence-electron chi connectivity index (χ0n) is 10.5. The highest BCUT2D eigenvalue weighted by Gasteiger charge is 2.41. The van der Waals surface area contributed by atoms with E-state index in [1.165, 1.54) is 0 Å². The lowest BCUT2D eigenvalue weighted by molar-refractivity contribution is -0.144. The van der Waals surface area contributed by atoms with Gasteiger partial charge in [-0.3, -0.25) is 9.59 Å². The molecular formula is C12H19NO4S. The Bertz CT molecular complexity index is 330. The topological polar surface area (TPSA) is 66.8 Å². The average molecular weight is 273 g/mol. The van der Waals surface area contributed by atoms with Crippen molar-refractivity contribution in [3.63, 3.8) is 0 Å². The molecule has 0 aromatic carbocycles. The smallest absolute Gasteiger partial charge is 0.311 e. The van der Waals surface area contributed by atoms with Crippen LogP contribution >= 0.6 is 11.8 Å². The summed E-state index contributed by atoms with van der Waals surface area (Å²) >= 11 is 1.68. The molecule has 2 aliphatic heterocycles. The van der Waals surface area contributed by atoms with Crippen LogP contribution < -0.4 is 0 Å². The number of amides is 1. The van der Waals surface area contributed by atoms with Gasteiger partial charge in [0, 0.05) is 6.54 Å². The average Bonchev–Trinajstić information content (AvgIpc) is 3.00. The van der Waals surface area contributed by atoms with Crippen molar-refractivity contribution in [2.45, 2.75) is 31.1 Å². The molecular weight excluding hydrogens is 254 g/mol. The van der Waals surface area contributed by atoms with Gasteiger partial charge < -0.3 is 14.7 Å². The lowest BCUT2D eigenvalue weighted by Gasteiger charge is -2.31. The summed E-state index contributed by atoms with van der Waals surface area (Å²) in [4.78, 5) is 25.2. The maximum absolute atomic E-state index is 12.4. The molecule has 2 heterocycles. The monoisotopic (exact) mass is 273 g/mol. The molecule has 0 aliphatic carbocycles. The van der Waals surface area contributed by atoms with Crippen molar-refractivity contribution in [2.24, 2.45) is 5.92 Å². The first-order valence-corrected chi connectivity index (χ1v) is 7.42. The molecule has 5 nitrogen and oxygen atoms in total. The van der Waals surface area contributed by atoms with Crippen molar-refractivity contribution in [1.82, 2.24) is 4.90 Å². The van der Waals surface area contributed by atoms with Crippen LogP contribution in [0, 0.1) is 5.92 Å². The highest BCUT2D eigenvalue weighted by atomic mass is 32.2. The highest BCUT2D eigenvalue weighted by Crippen LogP contribution is 2.30. The minimum atomic E-state index is -0.872. The molecule has 3 unspecified atom stereocenters. The lowest BCUT2D eigenvalue weighted by Crippen LogP contribution is -2.49. The molecule has 3 atom stereocenters. The lowest BCUT2D eigenvalue weighted by atomic mass is 10.0. The SMILES string of the molecule is CCN(C(=O)C1CCCS1)C1COCC1C(=O)O. The molecule has 0 radical (unpaired) electrons. The van der Waals surface area contributed by atoms with Crippen LogP contribution in [0.4, 0.5) is 0 Å². The van der Waals surface area contributed by atoms with E-state index in [9.17, 15) is 9.59 Å². The fourth-order valence-corrected chi connectivity index (χ4v) is 3.83. The summed E-state index contributed by atoms with van der Waals surface area (Å²) in [5.41, 5.74) is 0. The molecule has 0 spiro atoms. The van der Waals surface area contributed by atoms with Crippen molar-refractivity contribution >= 4 is 23.6 Å². The van der Waals surface area contributed by atoms with Gasteiger partial charge in [0.25, 0.3) is 0 Å². The highest BCUT2D eigenvalue weighted by molar-refractivity contribution is 8.00. The Kier molecular flexibility index (Phi) is 4.50. The summed E-state index contributed by atoms with van der Waals surface area (Å²) in [6, 6.07) is -0.304. The van der Waals surface area contributed by atoms with Crippen molar-refractivity contribution in [3.05, 3.63) is 0 Å². The van der Waals surface area contributed by atoms with Gasteiger partial charge in [0.2, 0.25) is 5.91 Å². The van der Waals surface area contributed by atoms with Crippen LogP contribution in [0.1, 0.15) is 19.8 Å². The Hall–Kier alpha value is -0.750. The number of carboxylic acids is 1. The van der Waals surface area contributed by atoms with Gasteiger partial charge in [-0.15, -0.1) is 11.8 Å². The Balaban J connectivity index is 2.07. The number of hydrogen-bond donors (Lipinski definition) is 1. The number of nitrogens with zero attached hydrogens (tertiary/aromatic N) is 1. The fraction of sp³-hybridized carbons (Fsp3) is 0.833. The summed E-state index contributed by atoms with van der Waals surface area (Å²) in [5, 5.41) is 9.17. The zero-order valence-corrected chi connectivity index (χ0v) is 11.3. The molecule has 18 heavy (non-hydrogen) atoms. The molecule has 2 aliphatic rings. The van der Waals surface area contributed by atoms with Gasteiger partial charge in [-0.2, -0.15) is 0 Å². The maximum atomic E-state index is 12.4. The second kappa shape index (κ2) is 5.93. The molecule has 2 saturated heterocycles. The van der Waals surface area contributed by atoms with Crippen LogP contribution in [0.3, 0.4) is 0 Å². The van der Waals surface area contributed by atoms with E-state index in [0.717, 1.165) is 18.6 Å². The summed E-state index contributed by atoms with van der Waals surface area (Å²) in [5.74, 6) is -0.345. The normalized spacial score (nSPS) is 31.5. The number of thioether (sulfide) groups is 1. The Morgan fingerprint density at radius 1 is 1.44 bits per heavy atom. The molecule has 0 saturated carbocycles. The van der Waals surface area contributed by atoms with Crippen molar-refractivity contribution in [2.75, 3.05) is 25.5 Å². The van der Waals surface area contributed by atoms with Crippen LogP contribution in [-0.2, 0) is 14.3 Å². The second-order valence-corrected chi connectivity index (χ2v) is 5.99. The van der Waals surface area contributed by atoms with Gasteiger partial charge >= 0.3 is 5.97 Å². The van der Waals surface area contributed by atoms with Crippen LogP contribution in [0.5, 0.6) is 0 Å². The minimum absolute atomic E-state index is 0.0139. The van der Waals surface area contributed by atoms with E-state index in [4.69, 9.17) is 9.84 Å². The van der Waals surface area contributed by atoms with E-state index < -0.39 is 11.9 Å². The molecule has 2 rings (SSSR count). The van der Waals surface area contributed by atoms with Gasteiger partial charge in [0.05, 0.1) is 24.5 Å². The summed E-state index contributed by atoms with van der Waals surface area (Å²) in [6.45, 7) is 3.00. The predicted octanol–water partition coefficient (Wildman–Crippen LogP) is 0.830. The number of carbonyl (C=O) groups is 2. The zero-order chi connectivity index (χ0) is 13.1. The van der Waals surface area contributed by atoms with Gasteiger partial charge in [-0.05, 0) is 25.5 Å². The van der Waals surface area contributed by atoms with Crippen molar-refractivity contribution in [3.8, 4) is 0 Å². The van der Waals surface area contributed by atoms with E-state index in [0.29, 0.717) is 13.2 Å². The number of hydrogen-bond acceptors (Lipinski definition) is 4. The van der Waals surface area contributed by atoms with Gasteiger partial charge in [0.15, 0.2) is 0 Å². The quantitative estimate of drug-likeness (QED) is 0.822. The van der Waals surface area contributed by atoms with Gasteiger partial charge in [0.1, 0.15) is 5.92 Å². The van der Waals surface area contributed by atoms with Crippen LogP contribution in [0.2, 0.25) is 0 Å². The molecule has 1 amide bonds. The van der Waals surface area contributed by atoms with Gasteiger partial charge in [-0.25, -0.2) is 0 Å². The Labute approximate surface area is 111 Å². The van der Waals surface area contributed by atoms with Crippen molar-refractivity contribution < 1.29 is 19.4 Å². The first-order chi connectivity index (χ1) is 8.65. The maximum Gasteiger partial charge on any atom is 0.311 e. The number of likely N-dealkylation sites (N-methyl/N-ethyl adjacent to an activating group) is 1. The van der Waals surface area contributed by atoms with Gasteiger partial charge in [-0.1, -0.05) is 0 Å².